The van der Waals surface area contributed by atoms with Crippen LogP contribution in [0.4, 0.5) is 0 Å². The van der Waals surface area contributed by atoms with Crippen LogP contribution in [0.5, 0.6) is 0 Å². The molecule has 6 N–H and O–H groups in total. The van der Waals surface area contributed by atoms with Gasteiger partial charge < -0.3 is 11.5 Å². The number of nitrogens with two attached hydrogens (primary N) is 2. The number of hydrogen-bond acceptors (Lipinski definition) is 6. The maximum atomic E-state index is 9.92. The molecule has 10 heteroatoms. The van der Waals surface area contributed by atoms with Gasteiger partial charge in [-0.1, -0.05) is 0 Å². The zero-order chi connectivity index (χ0) is 18.9. The van der Waals surface area contributed by atoms with Crippen molar-refractivity contribution in [3.05, 3.63) is 0 Å². The molecule has 0 rings (SSSR count). The lowest BCUT2D eigenvalue weighted by molar-refractivity contribution is -0.129. The fourth-order valence-corrected chi connectivity index (χ4v) is 0.496. The Hall–Kier alpha value is -2.78. The standard InChI is InChI=1S/2C4H7NO2.2C2H5NO/c2*1-3(6)5-4(2)7;2*1-2(3)4/h2*1-2H3,(H,5,6,7);2*1H3,(H2,3,4). The average Bonchev–Trinajstić information content (AvgIpc) is 2.10. The molecule has 0 radical (unpaired) electrons. The zero-order valence-corrected chi connectivity index (χ0v) is 13.6. The maximum absolute atomic E-state index is 9.92. The van der Waals surface area contributed by atoms with E-state index in [1.807, 2.05) is 10.6 Å². The Bertz CT molecular complexity index is 336. The summed E-state index contributed by atoms with van der Waals surface area (Å²) >= 11 is 0. The molecule has 0 aliphatic carbocycles. The SMILES string of the molecule is CC(=O)NC(C)=O.CC(=O)NC(C)=O.CC(N)=O.CC(N)=O. The van der Waals surface area contributed by atoms with E-state index in [2.05, 4.69) is 11.5 Å². The molecule has 6 amide bonds. The highest BCUT2D eigenvalue weighted by Gasteiger charge is 1.91. The van der Waals surface area contributed by atoms with Crippen LogP contribution in [0.25, 0.3) is 0 Å². The molecule has 128 valence electrons. The molecule has 22 heavy (non-hydrogen) atoms. The normalized spacial score (nSPS) is 7.18. The third-order valence-electron chi connectivity index (χ3n) is 0.704. The highest BCUT2D eigenvalue weighted by atomic mass is 16.2. The summed E-state index contributed by atoms with van der Waals surface area (Å²) in [6, 6.07) is 0. The Kier molecular flexibility index (Phi) is 22.8. The first-order valence-electron chi connectivity index (χ1n) is 5.80. The van der Waals surface area contributed by atoms with Crippen LogP contribution in [0.1, 0.15) is 41.5 Å². The predicted molar refractivity (Wildman–Crippen MR) is 78.7 cm³/mol. The number of hydrogen-bond donors (Lipinski definition) is 4. The molecule has 0 spiro atoms. The van der Waals surface area contributed by atoms with Gasteiger partial charge in [0, 0.05) is 41.5 Å². The Balaban J connectivity index is -0.000000102. The molecule has 0 saturated carbocycles. The lowest BCUT2D eigenvalue weighted by atomic mass is 10.6. The lowest BCUT2D eigenvalue weighted by Gasteiger charge is -1.88. The number of carbonyl (C=O) groups is 6. The van der Waals surface area contributed by atoms with E-state index < -0.39 is 0 Å². The third kappa shape index (κ3) is 166. The molecule has 0 aromatic carbocycles. The molecule has 0 saturated heterocycles. The Morgan fingerprint density at radius 1 is 0.500 bits per heavy atom. The molecule has 0 aromatic rings. The van der Waals surface area contributed by atoms with E-state index in [0.29, 0.717) is 0 Å². The van der Waals surface area contributed by atoms with Gasteiger partial charge in [-0.25, -0.2) is 0 Å². The van der Waals surface area contributed by atoms with Crippen molar-refractivity contribution in [3.8, 4) is 0 Å². The van der Waals surface area contributed by atoms with E-state index in [-0.39, 0.29) is 35.4 Å². The third-order valence-corrected chi connectivity index (χ3v) is 0.704. The molecule has 0 fully saturated rings. The van der Waals surface area contributed by atoms with E-state index in [0.717, 1.165) is 0 Å². The highest BCUT2D eigenvalue weighted by molar-refractivity contribution is 5.93. The first-order valence-corrected chi connectivity index (χ1v) is 5.80. The maximum Gasteiger partial charge on any atom is 0.223 e. The molecule has 0 aliphatic heterocycles. The van der Waals surface area contributed by atoms with Crippen molar-refractivity contribution in [2.45, 2.75) is 41.5 Å². The van der Waals surface area contributed by atoms with Crippen molar-refractivity contribution >= 4 is 35.4 Å². The first-order chi connectivity index (χ1) is 9.72. The molecule has 0 bridgehead atoms. The second-order valence-electron chi connectivity index (χ2n) is 3.70. The fourth-order valence-electron chi connectivity index (χ4n) is 0.496. The summed E-state index contributed by atoms with van der Waals surface area (Å²) in [6.07, 6.45) is 0. The number of primary amides is 2. The molecular weight excluding hydrogens is 296 g/mol. The molecule has 0 unspecified atom stereocenters. The van der Waals surface area contributed by atoms with E-state index in [1.165, 1.54) is 41.5 Å². The van der Waals surface area contributed by atoms with Crippen LogP contribution in [0.2, 0.25) is 0 Å². The summed E-state index contributed by atoms with van der Waals surface area (Å²) in [5.41, 5.74) is 8.94. The van der Waals surface area contributed by atoms with Crippen LogP contribution < -0.4 is 22.1 Å². The minimum absolute atomic E-state index is 0.312. The van der Waals surface area contributed by atoms with Crippen molar-refractivity contribution in [2.75, 3.05) is 0 Å². The summed E-state index contributed by atoms with van der Waals surface area (Å²) < 4.78 is 0. The van der Waals surface area contributed by atoms with Crippen molar-refractivity contribution in [1.29, 1.82) is 0 Å². The summed E-state index contributed by atoms with van der Waals surface area (Å²) in [6.45, 7) is 7.78. The molecule has 0 aromatic heterocycles. The van der Waals surface area contributed by atoms with Gasteiger partial charge in [0.1, 0.15) is 0 Å². The number of carbonyl (C=O) groups excluding carboxylic acids is 6. The second kappa shape index (κ2) is 18.2. The van der Waals surface area contributed by atoms with Crippen molar-refractivity contribution < 1.29 is 28.8 Å². The summed E-state index contributed by atoms with van der Waals surface area (Å²) in [4.78, 5) is 58.1. The van der Waals surface area contributed by atoms with Gasteiger partial charge in [0.2, 0.25) is 35.4 Å². The molecule has 0 heterocycles. The van der Waals surface area contributed by atoms with E-state index in [1.54, 1.807) is 0 Å². The van der Waals surface area contributed by atoms with Gasteiger partial charge in [0.05, 0.1) is 0 Å². The van der Waals surface area contributed by atoms with Gasteiger partial charge in [0.15, 0.2) is 0 Å². The zero-order valence-electron chi connectivity index (χ0n) is 13.6. The molecule has 0 atom stereocenters. The minimum atomic E-state index is -0.333. The topological polar surface area (TPSA) is 179 Å². The molecule has 0 aliphatic rings. The van der Waals surface area contributed by atoms with E-state index >= 15 is 0 Å². The van der Waals surface area contributed by atoms with Crippen LogP contribution in [0, 0.1) is 0 Å². The fraction of sp³-hybridized carbons (Fsp3) is 0.500. The lowest BCUT2D eigenvalue weighted by Crippen LogP contribution is -2.24. The van der Waals surface area contributed by atoms with E-state index in [4.69, 9.17) is 0 Å². The van der Waals surface area contributed by atoms with Gasteiger partial charge in [-0.3, -0.25) is 39.4 Å². The smallest absolute Gasteiger partial charge is 0.223 e. The van der Waals surface area contributed by atoms with Gasteiger partial charge in [-0.2, -0.15) is 0 Å². The Labute approximate surface area is 129 Å². The number of imide groups is 2. The Morgan fingerprint density at radius 2 is 0.591 bits per heavy atom. The highest BCUT2D eigenvalue weighted by Crippen LogP contribution is 1.59. The van der Waals surface area contributed by atoms with Crippen LogP contribution in [0.15, 0.2) is 0 Å². The van der Waals surface area contributed by atoms with Crippen LogP contribution in [0.3, 0.4) is 0 Å². The van der Waals surface area contributed by atoms with Crippen LogP contribution in [-0.4, -0.2) is 35.4 Å². The van der Waals surface area contributed by atoms with Crippen molar-refractivity contribution in [3.63, 3.8) is 0 Å². The summed E-state index contributed by atoms with van der Waals surface area (Å²) in [7, 11) is 0. The van der Waals surface area contributed by atoms with Gasteiger partial charge in [-0.05, 0) is 0 Å². The van der Waals surface area contributed by atoms with Gasteiger partial charge in [0.25, 0.3) is 0 Å². The summed E-state index contributed by atoms with van der Waals surface area (Å²) in [5, 5.41) is 4.06. The van der Waals surface area contributed by atoms with Gasteiger partial charge in [-0.15, -0.1) is 0 Å². The predicted octanol–water partition coefficient (Wildman–Crippen LogP) is -1.68. The molecular formula is C12H24N4O6. The quantitative estimate of drug-likeness (QED) is 0.414. The average molecular weight is 320 g/mol. The van der Waals surface area contributed by atoms with E-state index in [9.17, 15) is 28.8 Å². The number of rotatable bonds is 0. The van der Waals surface area contributed by atoms with Crippen LogP contribution >= 0.6 is 0 Å². The Morgan fingerprint density at radius 3 is 0.591 bits per heavy atom. The molecule has 10 nitrogen and oxygen atoms in total. The van der Waals surface area contributed by atoms with Crippen LogP contribution in [-0.2, 0) is 28.8 Å². The van der Waals surface area contributed by atoms with Crippen molar-refractivity contribution in [1.82, 2.24) is 10.6 Å². The first kappa shape index (κ1) is 27.5. The minimum Gasteiger partial charge on any atom is -0.370 e. The number of nitrogens with one attached hydrogen (secondary N) is 2. The van der Waals surface area contributed by atoms with Gasteiger partial charge >= 0.3 is 0 Å². The summed E-state index contributed by atoms with van der Waals surface area (Å²) in [5.74, 6) is -1.92. The second-order valence-corrected chi connectivity index (χ2v) is 3.70. The largest absolute Gasteiger partial charge is 0.370 e. The van der Waals surface area contributed by atoms with Crippen molar-refractivity contribution in [2.24, 2.45) is 11.5 Å². The number of amides is 6. The monoisotopic (exact) mass is 320 g/mol.